The number of carbonyl (C=O) groups excluding carboxylic acids is 1. The summed E-state index contributed by atoms with van der Waals surface area (Å²) in [6, 6.07) is 0. The summed E-state index contributed by atoms with van der Waals surface area (Å²) in [6.07, 6.45) is 1.59. The molecule has 0 radical (unpaired) electrons. The van der Waals surface area contributed by atoms with Gasteiger partial charge in [0.15, 0.2) is 0 Å². The van der Waals surface area contributed by atoms with Gasteiger partial charge in [0.25, 0.3) is 0 Å². The first kappa shape index (κ1) is 4.16. The van der Waals surface area contributed by atoms with Crippen LogP contribution in [0.4, 0.5) is 0 Å². The first-order chi connectivity index (χ1) is 3.34. The van der Waals surface area contributed by atoms with Crippen molar-refractivity contribution in [2.75, 3.05) is 7.11 Å². The number of carbonyl (C=O) groups is 1. The number of methoxy groups -OCH3 is 1. The summed E-state index contributed by atoms with van der Waals surface area (Å²) in [5.74, 6) is -0.292. The van der Waals surface area contributed by atoms with E-state index in [-0.39, 0.29) is 5.97 Å². The zero-order valence-corrected chi connectivity index (χ0v) is 3.89. The minimum atomic E-state index is -0.292. The molecule has 2 nitrogen and oxygen atoms in total. The summed E-state index contributed by atoms with van der Waals surface area (Å²) in [5, 5.41) is 0. The Kier molecular flexibility index (Phi) is 0.739. The minimum absolute atomic E-state index is 0.292. The predicted octanol–water partition coefficient (Wildman–Crippen LogP) is 0.254. The molecule has 0 fully saturated rings. The first-order valence-corrected chi connectivity index (χ1v) is 1.89. The molecule has 0 aliphatic heterocycles. The smallest absolute Gasteiger partial charge is 0.346 e. The maximum atomic E-state index is 10.2. The normalized spacial score (nSPS) is 13.0. The Balaban J connectivity index is 2.41. The Labute approximate surface area is 41.1 Å². The third kappa shape index (κ3) is 0.699. The Morgan fingerprint density at radius 3 is 2.71 bits per heavy atom. The van der Waals surface area contributed by atoms with E-state index >= 15 is 0 Å². The summed E-state index contributed by atoms with van der Waals surface area (Å²) in [7, 11) is 1.35. The number of esters is 1. The molecule has 1 aliphatic carbocycles. The van der Waals surface area contributed by atoms with Crippen LogP contribution in [0.25, 0.3) is 0 Å². The third-order valence-corrected chi connectivity index (χ3v) is 0.694. The molecular formula is C5H4O2. The topological polar surface area (TPSA) is 26.3 Å². The first-order valence-electron chi connectivity index (χ1n) is 1.89. The van der Waals surface area contributed by atoms with Crippen LogP contribution in [0, 0.1) is 0 Å². The number of ether oxygens (including phenoxy) is 1. The van der Waals surface area contributed by atoms with Gasteiger partial charge in [-0.1, -0.05) is 0 Å². The zero-order chi connectivity index (χ0) is 5.28. The molecule has 0 amide bonds. The van der Waals surface area contributed by atoms with Crippen molar-refractivity contribution in [1.29, 1.82) is 0 Å². The van der Waals surface area contributed by atoms with Crippen LogP contribution in [0.3, 0.4) is 0 Å². The van der Waals surface area contributed by atoms with Gasteiger partial charge in [-0.3, -0.25) is 0 Å². The highest BCUT2D eigenvalue weighted by molar-refractivity contribution is 5.95. The molecule has 0 unspecified atom stereocenters. The highest BCUT2D eigenvalue weighted by Crippen LogP contribution is 2.06. The molecule has 2 heteroatoms. The Bertz CT molecular complexity index is 161. The maximum absolute atomic E-state index is 10.2. The molecule has 0 N–H and O–H groups in total. The second-order valence-electron chi connectivity index (χ2n) is 1.19. The van der Waals surface area contributed by atoms with Gasteiger partial charge in [0.05, 0.1) is 7.11 Å². The molecule has 1 rings (SSSR count). The molecule has 0 atom stereocenters. The van der Waals surface area contributed by atoms with Gasteiger partial charge in [-0.25, -0.2) is 4.79 Å². The van der Waals surface area contributed by atoms with Crippen LogP contribution in [-0.2, 0) is 9.53 Å². The summed E-state index contributed by atoms with van der Waals surface area (Å²) >= 11 is 0. The number of hydrogen-bond acceptors (Lipinski definition) is 2. The Morgan fingerprint density at radius 1 is 2.00 bits per heavy atom. The standard InChI is InChI=1S/C5H4O2/c1-7-5(6)4-2-3-4/h2H,1H3. The van der Waals surface area contributed by atoms with Gasteiger partial charge in [-0.05, 0) is 0 Å². The second kappa shape index (κ2) is 1.24. The molecule has 0 saturated carbocycles. The molecule has 0 saturated heterocycles. The van der Waals surface area contributed by atoms with E-state index in [1.54, 1.807) is 6.08 Å². The van der Waals surface area contributed by atoms with Crippen LogP contribution in [0.2, 0.25) is 0 Å². The van der Waals surface area contributed by atoms with E-state index in [2.05, 4.69) is 10.5 Å². The van der Waals surface area contributed by atoms with E-state index < -0.39 is 0 Å². The molecule has 1 aliphatic rings. The van der Waals surface area contributed by atoms with Crippen LogP contribution in [0.15, 0.2) is 17.4 Å². The van der Waals surface area contributed by atoms with Crippen LogP contribution in [-0.4, -0.2) is 13.1 Å². The number of hydrogen-bond donors (Lipinski definition) is 0. The summed E-state index contributed by atoms with van der Waals surface area (Å²) < 4.78 is 4.30. The lowest BCUT2D eigenvalue weighted by Crippen LogP contribution is -1.95. The highest BCUT2D eigenvalue weighted by atomic mass is 16.5. The van der Waals surface area contributed by atoms with Gasteiger partial charge < -0.3 is 4.74 Å². The van der Waals surface area contributed by atoms with Gasteiger partial charge in [-0.15, -0.1) is 5.73 Å². The maximum Gasteiger partial charge on any atom is 0.346 e. The van der Waals surface area contributed by atoms with Crippen molar-refractivity contribution in [2.45, 2.75) is 0 Å². The lowest BCUT2D eigenvalue weighted by atomic mass is 10.5. The van der Waals surface area contributed by atoms with Crippen LogP contribution in [0.1, 0.15) is 0 Å². The van der Waals surface area contributed by atoms with Gasteiger partial charge in [0, 0.05) is 6.08 Å². The molecule has 0 aromatic rings. The van der Waals surface area contributed by atoms with Gasteiger partial charge in [0.1, 0.15) is 5.57 Å². The predicted molar refractivity (Wildman–Crippen MR) is 23.6 cm³/mol. The van der Waals surface area contributed by atoms with Crippen LogP contribution in [0.5, 0.6) is 0 Å². The van der Waals surface area contributed by atoms with E-state index in [0.717, 1.165) is 0 Å². The second-order valence-corrected chi connectivity index (χ2v) is 1.19. The average molecular weight is 96.1 g/mol. The fraction of sp³-hybridized carbons (Fsp3) is 0.200. The van der Waals surface area contributed by atoms with Crippen molar-refractivity contribution in [3.05, 3.63) is 17.4 Å². The summed E-state index contributed by atoms with van der Waals surface area (Å²) in [4.78, 5) is 10.2. The van der Waals surface area contributed by atoms with Crippen LogP contribution < -0.4 is 0 Å². The minimum Gasteiger partial charge on any atom is -0.465 e. The van der Waals surface area contributed by atoms with Crippen molar-refractivity contribution in [3.8, 4) is 0 Å². The van der Waals surface area contributed by atoms with Crippen molar-refractivity contribution < 1.29 is 9.53 Å². The molecule has 0 heterocycles. The van der Waals surface area contributed by atoms with Crippen molar-refractivity contribution >= 4 is 5.97 Å². The lowest BCUT2D eigenvalue weighted by Gasteiger charge is -1.85. The lowest BCUT2D eigenvalue weighted by molar-refractivity contribution is -0.135. The van der Waals surface area contributed by atoms with Crippen molar-refractivity contribution in [1.82, 2.24) is 0 Å². The van der Waals surface area contributed by atoms with E-state index in [1.165, 1.54) is 7.11 Å². The monoisotopic (exact) mass is 96.0 g/mol. The molecule has 0 aromatic heterocycles. The quantitative estimate of drug-likeness (QED) is 0.345. The van der Waals surface area contributed by atoms with Crippen molar-refractivity contribution in [3.63, 3.8) is 0 Å². The van der Waals surface area contributed by atoms with Crippen LogP contribution >= 0.6 is 0 Å². The van der Waals surface area contributed by atoms with E-state index in [1.807, 2.05) is 0 Å². The van der Waals surface area contributed by atoms with Gasteiger partial charge in [-0.2, -0.15) is 0 Å². The summed E-state index contributed by atoms with van der Waals surface area (Å²) in [6.45, 7) is 0. The fourth-order valence-electron chi connectivity index (χ4n) is 0.264. The summed E-state index contributed by atoms with van der Waals surface area (Å²) in [5.41, 5.74) is 3.16. The largest absolute Gasteiger partial charge is 0.465 e. The van der Waals surface area contributed by atoms with E-state index in [0.29, 0.717) is 5.57 Å². The van der Waals surface area contributed by atoms with Gasteiger partial charge in [0.2, 0.25) is 0 Å². The fourth-order valence-corrected chi connectivity index (χ4v) is 0.264. The Hall–Kier alpha value is -1.01. The molecule has 0 aromatic carbocycles. The van der Waals surface area contributed by atoms with E-state index in [4.69, 9.17) is 0 Å². The van der Waals surface area contributed by atoms with Gasteiger partial charge >= 0.3 is 5.97 Å². The molecule has 7 heavy (non-hydrogen) atoms. The SMILES string of the molecule is COC(=O)C1=C=C1. The molecule has 36 valence electrons. The average Bonchev–Trinajstić information content (AvgIpc) is 2.44. The molecule has 0 bridgehead atoms. The zero-order valence-electron chi connectivity index (χ0n) is 3.89. The molecular weight excluding hydrogens is 92.1 g/mol. The van der Waals surface area contributed by atoms with E-state index in [9.17, 15) is 4.79 Å². The third-order valence-electron chi connectivity index (χ3n) is 0.694. The highest BCUT2D eigenvalue weighted by Gasteiger charge is 2.10. The van der Waals surface area contributed by atoms with Crippen molar-refractivity contribution in [2.24, 2.45) is 0 Å². The molecule has 0 spiro atoms. The number of rotatable bonds is 1. The Morgan fingerprint density at radius 2 is 2.57 bits per heavy atom.